The Hall–Kier alpha value is -2.01. The molecular formula is C15H20N2O3. The summed E-state index contributed by atoms with van der Waals surface area (Å²) in [4.78, 5) is 4.31. The maximum absolute atomic E-state index is 5.79. The first-order valence-electron chi connectivity index (χ1n) is 6.61. The lowest BCUT2D eigenvalue weighted by molar-refractivity contribution is 0.355. The molecule has 0 saturated heterocycles. The van der Waals surface area contributed by atoms with Crippen molar-refractivity contribution in [2.24, 2.45) is 0 Å². The molecule has 2 rings (SSSR count). The molecule has 20 heavy (non-hydrogen) atoms. The van der Waals surface area contributed by atoms with Crippen LogP contribution in [0.1, 0.15) is 25.8 Å². The number of aromatic nitrogens is 1. The number of rotatable bonds is 6. The Balaban J connectivity index is 2.28. The van der Waals surface area contributed by atoms with Crippen LogP contribution in [0.5, 0.6) is 11.5 Å². The number of nitrogens with one attached hydrogen (secondary N) is 1. The average Bonchev–Trinajstić information content (AvgIpc) is 2.96. The van der Waals surface area contributed by atoms with Gasteiger partial charge in [0.25, 0.3) is 0 Å². The molecule has 1 aromatic heterocycles. The van der Waals surface area contributed by atoms with Crippen molar-refractivity contribution in [3.8, 4) is 22.8 Å². The van der Waals surface area contributed by atoms with Gasteiger partial charge in [-0.25, -0.2) is 4.98 Å². The topological polar surface area (TPSA) is 56.5 Å². The van der Waals surface area contributed by atoms with Crippen LogP contribution < -0.4 is 14.8 Å². The Morgan fingerprint density at radius 1 is 1.25 bits per heavy atom. The molecule has 0 radical (unpaired) electrons. The third kappa shape index (κ3) is 2.93. The van der Waals surface area contributed by atoms with Gasteiger partial charge in [0.05, 0.1) is 26.5 Å². The molecule has 0 aliphatic rings. The van der Waals surface area contributed by atoms with Crippen LogP contribution in [0.4, 0.5) is 0 Å². The molecule has 2 aromatic rings. The molecule has 1 aromatic carbocycles. The van der Waals surface area contributed by atoms with Crippen LogP contribution in [-0.2, 0) is 0 Å². The summed E-state index contributed by atoms with van der Waals surface area (Å²) in [7, 11) is 3.23. The van der Waals surface area contributed by atoms with Gasteiger partial charge in [0, 0.05) is 5.56 Å². The molecule has 1 atom stereocenters. The van der Waals surface area contributed by atoms with Crippen molar-refractivity contribution >= 4 is 0 Å². The van der Waals surface area contributed by atoms with Gasteiger partial charge in [-0.15, -0.1) is 0 Å². The fraction of sp³-hybridized carbons (Fsp3) is 0.400. The minimum Gasteiger partial charge on any atom is -0.493 e. The smallest absolute Gasteiger partial charge is 0.211 e. The van der Waals surface area contributed by atoms with Crippen molar-refractivity contribution in [1.29, 1.82) is 0 Å². The van der Waals surface area contributed by atoms with Gasteiger partial charge < -0.3 is 19.2 Å². The highest BCUT2D eigenvalue weighted by Gasteiger charge is 2.13. The zero-order valence-electron chi connectivity index (χ0n) is 12.3. The van der Waals surface area contributed by atoms with Gasteiger partial charge in [0.15, 0.2) is 17.3 Å². The lowest BCUT2D eigenvalue weighted by Gasteiger charge is -2.09. The van der Waals surface area contributed by atoms with Crippen molar-refractivity contribution in [3.05, 3.63) is 30.3 Å². The molecule has 0 fully saturated rings. The van der Waals surface area contributed by atoms with Crippen molar-refractivity contribution in [2.75, 3.05) is 20.8 Å². The number of nitrogens with zero attached hydrogens (tertiary/aromatic N) is 1. The van der Waals surface area contributed by atoms with E-state index in [0.717, 1.165) is 12.1 Å². The van der Waals surface area contributed by atoms with Crippen LogP contribution >= 0.6 is 0 Å². The highest BCUT2D eigenvalue weighted by molar-refractivity contribution is 5.62. The Morgan fingerprint density at radius 2 is 2.00 bits per heavy atom. The molecule has 0 amide bonds. The van der Waals surface area contributed by atoms with Crippen LogP contribution in [0.2, 0.25) is 0 Å². The second kappa shape index (κ2) is 6.43. The zero-order chi connectivity index (χ0) is 14.5. The van der Waals surface area contributed by atoms with E-state index < -0.39 is 0 Å². The van der Waals surface area contributed by atoms with E-state index in [1.807, 2.05) is 25.1 Å². The third-order valence-corrected chi connectivity index (χ3v) is 3.07. The second-order valence-corrected chi connectivity index (χ2v) is 4.41. The van der Waals surface area contributed by atoms with Crippen molar-refractivity contribution < 1.29 is 13.9 Å². The number of oxazole rings is 1. The van der Waals surface area contributed by atoms with Crippen LogP contribution in [0.15, 0.2) is 28.8 Å². The first-order valence-corrected chi connectivity index (χ1v) is 6.61. The molecule has 1 heterocycles. The first-order chi connectivity index (χ1) is 9.69. The minimum atomic E-state index is 0.0916. The molecule has 0 spiro atoms. The molecular weight excluding hydrogens is 256 g/mol. The van der Waals surface area contributed by atoms with E-state index in [2.05, 4.69) is 17.2 Å². The molecule has 5 nitrogen and oxygen atoms in total. The van der Waals surface area contributed by atoms with E-state index in [1.165, 1.54) is 0 Å². The summed E-state index contributed by atoms with van der Waals surface area (Å²) in [6, 6.07) is 5.74. The fourth-order valence-corrected chi connectivity index (χ4v) is 2.00. The van der Waals surface area contributed by atoms with E-state index in [0.29, 0.717) is 23.1 Å². The van der Waals surface area contributed by atoms with Crippen molar-refractivity contribution in [1.82, 2.24) is 10.3 Å². The van der Waals surface area contributed by atoms with Crippen molar-refractivity contribution in [3.63, 3.8) is 0 Å². The normalized spacial score (nSPS) is 12.2. The van der Waals surface area contributed by atoms with E-state index >= 15 is 0 Å². The predicted molar refractivity (Wildman–Crippen MR) is 77.1 cm³/mol. The van der Waals surface area contributed by atoms with Gasteiger partial charge in [0.1, 0.15) is 0 Å². The summed E-state index contributed by atoms with van der Waals surface area (Å²) in [5, 5.41) is 3.27. The van der Waals surface area contributed by atoms with Crippen molar-refractivity contribution in [2.45, 2.75) is 19.9 Å². The molecule has 1 N–H and O–H groups in total. The Labute approximate surface area is 118 Å². The Morgan fingerprint density at radius 3 is 2.65 bits per heavy atom. The van der Waals surface area contributed by atoms with E-state index in [4.69, 9.17) is 13.9 Å². The van der Waals surface area contributed by atoms with Gasteiger partial charge in [-0.3, -0.25) is 0 Å². The van der Waals surface area contributed by atoms with Gasteiger partial charge >= 0.3 is 0 Å². The SMILES string of the molecule is CCNC(C)c1ncc(-c2ccc(OC)c(OC)c2)o1. The van der Waals surface area contributed by atoms with Crippen LogP contribution in [0, 0.1) is 0 Å². The lowest BCUT2D eigenvalue weighted by atomic mass is 10.1. The summed E-state index contributed by atoms with van der Waals surface area (Å²) in [6.07, 6.45) is 1.73. The van der Waals surface area contributed by atoms with E-state index in [-0.39, 0.29) is 6.04 Å². The lowest BCUT2D eigenvalue weighted by Crippen LogP contribution is -2.17. The summed E-state index contributed by atoms with van der Waals surface area (Å²) in [5.74, 6) is 2.75. The Kier molecular flexibility index (Phi) is 4.63. The van der Waals surface area contributed by atoms with Gasteiger partial charge in [-0.2, -0.15) is 0 Å². The number of hydrogen-bond donors (Lipinski definition) is 1. The average molecular weight is 276 g/mol. The number of ether oxygens (including phenoxy) is 2. The zero-order valence-corrected chi connectivity index (χ0v) is 12.3. The molecule has 108 valence electrons. The van der Waals surface area contributed by atoms with Crippen LogP contribution in [-0.4, -0.2) is 25.7 Å². The fourth-order valence-electron chi connectivity index (χ4n) is 2.00. The molecule has 0 aliphatic carbocycles. The van der Waals surface area contributed by atoms with E-state index in [9.17, 15) is 0 Å². The quantitative estimate of drug-likeness (QED) is 0.879. The number of benzene rings is 1. The maximum atomic E-state index is 5.79. The van der Waals surface area contributed by atoms with Gasteiger partial charge in [-0.1, -0.05) is 6.92 Å². The van der Waals surface area contributed by atoms with Gasteiger partial charge in [-0.05, 0) is 31.7 Å². The number of hydrogen-bond acceptors (Lipinski definition) is 5. The standard InChI is InChI=1S/C15H20N2O3/c1-5-16-10(2)15-17-9-14(20-15)11-6-7-12(18-3)13(8-11)19-4/h6-10,16H,5H2,1-4H3. The highest BCUT2D eigenvalue weighted by Crippen LogP contribution is 2.32. The maximum Gasteiger partial charge on any atom is 0.211 e. The number of methoxy groups -OCH3 is 2. The van der Waals surface area contributed by atoms with Crippen LogP contribution in [0.3, 0.4) is 0 Å². The largest absolute Gasteiger partial charge is 0.493 e. The van der Waals surface area contributed by atoms with E-state index in [1.54, 1.807) is 20.4 Å². The molecule has 0 saturated carbocycles. The molecule has 0 aliphatic heterocycles. The summed E-state index contributed by atoms with van der Waals surface area (Å²) in [6.45, 7) is 4.94. The van der Waals surface area contributed by atoms with Gasteiger partial charge in [0.2, 0.25) is 5.89 Å². The highest BCUT2D eigenvalue weighted by atomic mass is 16.5. The molecule has 1 unspecified atom stereocenters. The Bertz CT molecular complexity index is 566. The summed E-state index contributed by atoms with van der Waals surface area (Å²) >= 11 is 0. The predicted octanol–water partition coefficient (Wildman–Crippen LogP) is 3.03. The van der Waals surface area contributed by atoms with Crippen LogP contribution in [0.25, 0.3) is 11.3 Å². The molecule has 5 heteroatoms. The molecule has 0 bridgehead atoms. The second-order valence-electron chi connectivity index (χ2n) is 4.41. The summed E-state index contributed by atoms with van der Waals surface area (Å²) < 4.78 is 16.3. The minimum absolute atomic E-state index is 0.0916. The third-order valence-electron chi connectivity index (χ3n) is 3.07. The summed E-state index contributed by atoms with van der Waals surface area (Å²) in [5.41, 5.74) is 0.907. The monoisotopic (exact) mass is 276 g/mol. The first kappa shape index (κ1) is 14.4.